The monoisotopic (exact) mass is 350 g/mol. The van der Waals surface area contributed by atoms with Gasteiger partial charge in [0.15, 0.2) is 0 Å². The number of rotatable bonds is 7. The van der Waals surface area contributed by atoms with Gasteiger partial charge < -0.3 is 10.1 Å². The Hall–Kier alpha value is -3.15. The highest BCUT2D eigenvalue weighted by Crippen LogP contribution is 2.29. The first-order valence-electron chi connectivity index (χ1n) is 8.55. The fourth-order valence-corrected chi connectivity index (χ4v) is 2.64. The van der Waals surface area contributed by atoms with Crippen LogP contribution < -0.4 is 10.1 Å². The number of pyridine rings is 1. The summed E-state index contributed by atoms with van der Waals surface area (Å²) < 4.78 is 7.78. The molecule has 3 rings (SSSR count). The van der Waals surface area contributed by atoms with Gasteiger partial charge in [-0.2, -0.15) is 5.10 Å². The molecule has 26 heavy (non-hydrogen) atoms. The Labute approximate surface area is 152 Å². The van der Waals surface area contributed by atoms with Crippen LogP contribution in [0.1, 0.15) is 23.1 Å². The van der Waals surface area contributed by atoms with Crippen LogP contribution in [0.5, 0.6) is 11.6 Å². The highest BCUT2D eigenvalue weighted by molar-refractivity contribution is 5.75. The van der Waals surface area contributed by atoms with Gasteiger partial charge in [0.05, 0.1) is 0 Å². The Kier molecular flexibility index (Phi) is 5.63. The standard InChI is InChI=1S/C20H22N4O2/c1-15-6-3-7-16(2)19(15)26-20-17(8-4-10-21-20)14-22-18(25)9-13-24-12-5-11-23-24/h3-8,10-12H,9,13-14H2,1-2H3,(H,22,25). The molecule has 6 heteroatoms. The number of carbonyl (C=O) groups excluding carboxylic acids is 1. The molecule has 0 saturated heterocycles. The summed E-state index contributed by atoms with van der Waals surface area (Å²) in [5.41, 5.74) is 2.93. The van der Waals surface area contributed by atoms with Crippen LogP contribution in [0.25, 0.3) is 0 Å². The van der Waals surface area contributed by atoms with Crippen LogP contribution in [0, 0.1) is 13.8 Å². The molecule has 0 aliphatic heterocycles. The van der Waals surface area contributed by atoms with Crippen LogP contribution in [0.15, 0.2) is 55.0 Å². The second kappa shape index (κ2) is 8.29. The number of hydrogen-bond donors (Lipinski definition) is 1. The number of nitrogens with zero attached hydrogens (tertiary/aromatic N) is 3. The van der Waals surface area contributed by atoms with Crippen molar-refractivity contribution in [3.63, 3.8) is 0 Å². The molecule has 6 nitrogen and oxygen atoms in total. The summed E-state index contributed by atoms with van der Waals surface area (Å²) in [7, 11) is 0. The van der Waals surface area contributed by atoms with Crippen molar-refractivity contribution in [2.24, 2.45) is 0 Å². The van der Waals surface area contributed by atoms with E-state index in [0.717, 1.165) is 22.4 Å². The average Bonchev–Trinajstić information content (AvgIpc) is 3.16. The average molecular weight is 350 g/mol. The minimum absolute atomic E-state index is 0.0395. The van der Waals surface area contributed by atoms with Gasteiger partial charge in [0.25, 0.3) is 0 Å². The molecule has 0 aliphatic rings. The third kappa shape index (κ3) is 4.47. The largest absolute Gasteiger partial charge is 0.438 e. The second-order valence-electron chi connectivity index (χ2n) is 6.09. The molecule has 2 aromatic heterocycles. The fourth-order valence-electron chi connectivity index (χ4n) is 2.64. The molecule has 2 heterocycles. The third-order valence-corrected chi connectivity index (χ3v) is 4.06. The molecule has 3 aromatic rings. The molecular weight excluding hydrogens is 328 g/mol. The van der Waals surface area contributed by atoms with E-state index in [9.17, 15) is 4.79 Å². The normalized spacial score (nSPS) is 10.5. The summed E-state index contributed by atoms with van der Waals surface area (Å²) >= 11 is 0. The lowest BCUT2D eigenvalue weighted by Gasteiger charge is -2.14. The molecule has 0 bridgehead atoms. The zero-order valence-electron chi connectivity index (χ0n) is 15.0. The molecule has 0 atom stereocenters. The minimum atomic E-state index is -0.0395. The van der Waals surface area contributed by atoms with Crippen molar-refractivity contribution in [1.29, 1.82) is 0 Å². The lowest BCUT2D eigenvalue weighted by Crippen LogP contribution is -2.24. The topological polar surface area (TPSA) is 69.0 Å². The van der Waals surface area contributed by atoms with Gasteiger partial charge in [-0.05, 0) is 37.1 Å². The molecule has 1 N–H and O–H groups in total. The Morgan fingerprint density at radius 1 is 1.12 bits per heavy atom. The summed E-state index contributed by atoms with van der Waals surface area (Å²) in [4.78, 5) is 16.4. The molecule has 0 fully saturated rings. The van der Waals surface area contributed by atoms with E-state index >= 15 is 0 Å². The minimum Gasteiger partial charge on any atom is -0.438 e. The molecule has 0 unspecified atom stereocenters. The van der Waals surface area contributed by atoms with E-state index in [0.29, 0.717) is 25.4 Å². The van der Waals surface area contributed by atoms with E-state index in [4.69, 9.17) is 4.74 Å². The van der Waals surface area contributed by atoms with Gasteiger partial charge >= 0.3 is 0 Å². The van der Waals surface area contributed by atoms with Crippen molar-refractivity contribution in [1.82, 2.24) is 20.1 Å². The summed E-state index contributed by atoms with van der Waals surface area (Å²) in [6.45, 7) is 4.92. The van der Waals surface area contributed by atoms with E-state index in [1.165, 1.54) is 0 Å². The van der Waals surface area contributed by atoms with E-state index in [-0.39, 0.29) is 5.91 Å². The van der Waals surface area contributed by atoms with Gasteiger partial charge in [-0.25, -0.2) is 4.98 Å². The number of ether oxygens (including phenoxy) is 1. The van der Waals surface area contributed by atoms with E-state index in [2.05, 4.69) is 15.4 Å². The number of hydrogen-bond acceptors (Lipinski definition) is 4. The Morgan fingerprint density at radius 3 is 2.65 bits per heavy atom. The van der Waals surface area contributed by atoms with Gasteiger partial charge in [-0.1, -0.05) is 24.3 Å². The number of para-hydroxylation sites is 1. The summed E-state index contributed by atoms with van der Waals surface area (Å²) in [6, 6.07) is 11.6. The van der Waals surface area contributed by atoms with E-state index in [1.54, 1.807) is 17.1 Å². The number of aryl methyl sites for hydroxylation is 3. The van der Waals surface area contributed by atoms with Crippen LogP contribution in [-0.4, -0.2) is 20.7 Å². The zero-order chi connectivity index (χ0) is 18.4. The lowest BCUT2D eigenvalue weighted by atomic mass is 10.1. The number of aromatic nitrogens is 3. The molecule has 0 saturated carbocycles. The number of benzene rings is 1. The van der Waals surface area contributed by atoms with Crippen molar-refractivity contribution < 1.29 is 9.53 Å². The molecule has 0 spiro atoms. The van der Waals surface area contributed by atoms with Crippen LogP contribution in [0.3, 0.4) is 0 Å². The summed E-state index contributed by atoms with van der Waals surface area (Å²) in [6.07, 6.45) is 5.59. The van der Waals surface area contributed by atoms with Crippen LogP contribution in [0.2, 0.25) is 0 Å². The predicted octanol–water partition coefficient (Wildman–Crippen LogP) is 3.39. The van der Waals surface area contributed by atoms with Crippen molar-refractivity contribution in [3.8, 4) is 11.6 Å². The van der Waals surface area contributed by atoms with Gasteiger partial charge in [0.1, 0.15) is 5.75 Å². The third-order valence-electron chi connectivity index (χ3n) is 4.06. The van der Waals surface area contributed by atoms with E-state index in [1.807, 2.05) is 56.4 Å². The molecule has 0 radical (unpaired) electrons. The van der Waals surface area contributed by atoms with Gasteiger partial charge in [-0.15, -0.1) is 0 Å². The van der Waals surface area contributed by atoms with Crippen molar-refractivity contribution in [3.05, 3.63) is 71.7 Å². The maximum atomic E-state index is 12.1. The highest BCUT2D eigenvalue weighted by atomic mass is 16.5. The second-order valence-corrected chi connectivity index (χ2v) is 6.09. The predicted molar refractivity (Wildman–Crippen MR) is 98.9 cm³/mol. The first kappa shape index (κ1) is 17.7. The zero-order valence-corrected chi connectivity index (χ0v) is 15.0. The first-order valence-corrected chi connectivity index (χ1v) is 8.55. The maximum absolute atomic E-state index is 12.1. The maximum Gasteiger partial charge on any atom is 0.224 e. The number of nitrogens with one attached hydrogen (secondary N) is 1. The smallest absolute Gasteiger partial charge is 0.224 e. The van der Waals surface area contributed by atoms with Gasteiger partial charge in [0, 0.05) is 43.7 Å². The fraction of sp³-hybridized carbons (Fsp3) is 0.250. The number of carbonyl (C=O) groups is 1. The SMILES string of the molecule is Cc1cccc(C)c1Oc1ncccc1CNC(=O)CCn1cccn1. The molecule has 134 valence electrons. The Morgan fingerprint density at radius 2 is 1.92 bits per heavy atom. The van der Waals surface area contributed by atoms with Crippen molar-refractivity contribution in [2.75, 3.05) is 0 Å². The van der Waals surface area contributed by atoms with Crippen molar-refractivity contribution >= 4 is 5.91 Å². The van der Waals surface area contributed by atoms with Crippen LogP contribution >= 0.6 is 0 Å². The van der Waals surface area contributed by atoms with Gasteiger partial charge in [0.2, 0.25) is 11.8 Å². The van der Waals surface area contributed by atoms with Gasteiger partial charge in [-0.3, -0.25) is 9.48 Å². The lowest BCUT2D eigenvalue weighted by molar-refractivity contribution is -0.121. The summed E-state index contributed by atoms with van der Waals surface area (Å²) in [5, 5.41) is 7.01. The van der Waals surface area contributed by atoms with E-state index < -0.39 is 0 Å². The number of amides is 1. The van der Waals surface area contributed by atoms with Crippen molar-refractivity contribution in [2.45, 2.75) is 33.4 Å². The Balaban J connectivity index is 1.63. The molecule has 0 aliphatic carbocycles. The van der Waals surface area contributed by atoms with Crippen LogP contribution in [-0.2, 0) is 17.9 Å². The summed E-state index contributed by atoms with van der Waals surface area (Å²) in [5.74, 6) is 1.28. The Bertz CT molecular complexity index is 855. The van der Waals surface area contributed by atoms with Crippen LogP contribution in [0.4, 0.5) is 0 Å². The molecule has 1 amide bonds. The first-order chi connectivity index (χ1) is 12.6. The molecule has 1 aromatic carbocycles. The quantitative estimate of drug-likeness (QED) is 0.709. The highest BCUT2D eigenvalue weighted by Gasteiger charge is 2.11. The molecular formula is C20H22N4O2.